The number of carbonyl (C=O) groups is 1. The van der Waals surface area contributed by atoms with Crippen molar-refractivity contribution in [2.45, 2.75) is 102 Å². The van der Waals surface area contributed by atoms with Crippen LogP contribution in [0.3, 0.4) is 0 Å². The number of aliphatic hydroxyl groups is 3. The van der Waals surface area contributed by atoms with Gasteiger partial charge in [0.2, 0.25) is 0 Å². The van der Waals surface area contributed by atoms with Crippen molar-refractivity contribution >= 4 is 5.97 Å². The molecule has 5 aliphatic rings. The van der Waals surface area contributed by atoms with Gasteiger partial charge in [0.1, 0.15) is 29.8 Å². The molecule has 2 bridgehead atoms. The Kier molecular flexibility index (Phi) is 7.77. The van der Waals surface area contributed by atoms with Crippen LogP contribution in [0, 0.1) is 17.8 Å². The molecular weight excluding hydrogens is 488 g/mol. The van der Waals surface area contributed by atoms with Gasteiger partial charge in [0, 0.05) is 25.2 Å². The summed E-state index contributed by atoms with van der Waals surface area (Å²) in [5.74, 6) is -2.37. The van der Waals surface area contributed by atoms with Gasteiger partial charge in [-0.1, -0.05) is 49.8 Å². The average Bonchev–Trinajstić information content (AvgIpc) is 3.19. The van der Waals surface area contributed by atoms with Crippen LogP contribution < -0.4 is 0 Å². The van der Waals surface area contributed by atoms with Crippen molar-refractivity contribution in [3.8, 4) is 0 Å². The molecule has 10 unspecified atom stereocenters. The molecule has 5 rings (SSSR count). The third-order valence-corrected chi connectivity index (χ3v) is 8.90. The van der Waals surface area contributed by atoms with Gasteiger partial charge in [-0.3, -0.25) is 4.79 Å². The van der Waals surface area contributed by atoms with Crippen molar-refractivity contribution in [1.29, 1.82) is 0 Å². The van der Waals surface area contributed by atoms with Crippen LogP contribution in [-0.4, -0.2) is 76.4 Å². The van der Waals surface area contributed by atoms with Crippen molar-refractivity contribution in [2.24, 2.45) is 17.8 Å². The predicted octanol–water partition coefficient (Wildman–Crippen LogP) is 3.12. The molecule has 0 aromatic rings. The Morgan fingerprint density at radius 2 is 1.89 bits per heavy atom. The van der Waals surface area contributed by atoms with Gasteiger partial charge in [-0.05, 0) is 43.8 Å². The minimum atomic E-state index is -1.72. The quantitative estimate of drug-likeness (QED) is 0.323. The first-order valence-electron chi connectivity index (χ1n) is 13.9. The van der Waals surface area contributed by atoms with Gasteiger partial charge in [0.25, 0.3) is 0 Å². The molecule has 8 heteroatoms. The number of hydrogen-bond acceptors (Lipinski definition) is 8. The van der Waals surface area contributed by atoms with Gasteiger partial charge in [-0.25, -0.2) is 0 Å². The number of hydrogen-bond donors (Lipinski definition) is 3. The second-order valence-electron chi connectivity index (χ2n) is 12.1. The Hall–Kier alpha value is -1.81. The molecule has 38 heavy (non-hydrogen) atoms. The molecule has 0 aromatic heterocycles. The first-order chi connectivity index (χ1) is 18.0. The maximum absolute atomic E-state index is 13.8. The van der Waals surface area contributed by atoms with Crippen molar-refractivity contribution in [2.75, 3.05) is 13.2 Å². The molecule has 8 nitrogen and oxygen atoms in total. The molecule has 3 saturated heterocycles. The summed E-state index contributed by atoms with van der Waals surface area (Å²) in [7, 11) is 0. The largest absolute Gasteiger partial charge is 0.462 e. The van der Waals surface area contributed by atoms with Gasteiger partial charge in [0.05, 0.1) is 25.4 Å². The lowest BCUT2D eigenvalue weighted by atomic mass is 9.71. The van der Waals surface area contributed by atoms with E-state index in [-0.39, 0.29) is 24.5 Å². The summed E-state index contributed by atoms with van der Waals surface area (Å²) in [5.41, 5.74) is 0.627. The highest BCUT2D eigenvalue weighted by Gasteiger charge is 2.60. The van der Waals surface area contributed by atoms with E-state index < -0.39 is 47.7 Å². The molecule has 3 fully saturated rings. The third-order valence-electron chi connectivity index (χ3n) is 8.90. The number of rotatable bonds is 0. The van der Waals surface area contributed by atoms with Crippen LogP contribution in [0.25, 0.3) is 0 Å². The number of fused-ring (bicyclic) bond motifs is 2. The van der Waals surface area contributed by atoms with E-state index in [0.29, 0.717) is 43.4 Å². The molecule has 1 aliphatic carbocycles. The van der Waals surface area contributed by atoms with E-state index in [0.717, 1.165) is 6.42 Å². The van der Waals surface area contributed by atoms with E-state index in [4.69, 9.17) is 18.9 Å². The molecule has 4 aliphatic heterocycles. The lowest BCUT2D eigenvalue weighted by Gasteiger charge is -2.48. The summed E-state index contributed by atoms with van der Waals surface area (Å²) in [5, 5.41) is 33.4. The van der Waals surface area contributed by atoms with Gasteiger partial charge in [-0.2, -0.15) is 0 Å². The van der Waals surface area contributed by atoms with Crippen LogP contribution in [0.2, 0.25) is 0 Å². The first kappa shape index (κ1) is 27.7. The molecule has 4 heterocycles. The maximum Gasteiger partial charge on any atom is 0.316 e. The zero-order valence-corrected chi connectivity index (χ0v) is 22.8. The molecule has 10 atom stereocenters. The minimum absolute atomic E-state index is 0.00615. The fraction of sp³-hybridized carbons (Fsp3) is 0.700. The molecule has 0 radical (unpaired) electrons. The van der Waals surface area contributed by atoms with Crippen LogP contribution >= 0.6 is 0 Å². The number of carbonyl (C=O) groups excluding carboxylic acids is 1. The van der Waals surface area contributed by atoms with E-state index in [1.54, 1.807) is 19.1 Å². The summed E-state index contributed by atoms with van der Waals surface area (Å²) < 4.78 is 24.6. The van der Waals surface area contributed by atoms with Gasteiger partial charge in [0.15, 0.2) is 5.79 Å². The Balaban J connectivity index is 1.51. The fourth-order valence-electron chi connectivity index (χ4n) is 6.62. The fourth-order valence-corrected chi connectivity index (χ4v) is 6.62. The Morgan fingerprint density at radius 1 is 1.11 bits per heavy atom. The van der Waals surface area contributed by atoms with E-state index in [1.165, 1.54) is 5.57 Å². The van der Waals surface area contributed by atoms with Crippen LogP contribution in [0.4, 0.5) is 0 Å². The second-order valence-corrected chi connectivity index (χ2v) is 12.1. The Labute approximate surface area is 225 Å². The van der Waals surface area contributed by atoms with Crippen molar-refractivity contribution in [3.63, 3.8) is 0 Å². The topological polar surface area (TPSA) is 115 Å². The van der Waals surface area contributed by atoms with E-state index >= 15 is 0 Å². The van der Waals surface area contributed by atoms with Crippen LogP contribution in [-0.2, 0) is 23.7 Å². The number of allylic oxidation sites excluding steroid dienone is 4. The molecule has 210 valence electrons. The average molecular weight is 531 g/mol. The first-order valence-corrected chi connectivity index (χ1v) is 13.9. The minimum Gasteiger partial charge on any atom is -0.462 e. The van der Waals surface area contributed by atoms with E-state index in [2.05, 4.69) is 26.0 Å². The van der Waals surface area contributed by atoms with Crippen LogP contribution in [0.5, 0.6) is 0 Å². The standard InChI is InChI=1S/C30H42O8/c1-17-6-5-7-21-16-35-27-26(32)19(3)11-24(30(21,27)34)28(33)37-23-12-22(9-8-18(2)10-17)38-29(13-23)14-25(31)20(4)15-36-29/h5-8,11,17,20,22-27,31-32,34H,9-10,12-16H2,1-4H3/b6-5-,18-8-,21-7-. The van der Waals surface area contributed by atoms with Gasteiger partial charge < -0.3 is 34.3 Å². The van der Waals surface area contributed by atoms with Crippen molar-refractivity contribution < 1.29 is 39.1 Å². The second kappa shape index (κ2) is 10.6. The number of esters is 1. The van der Waals surface area contributed by atoms with Crippen molar-refractivity contribution in [1.82, 2.24) is 0 Å². The van der Waals surface area contributed by atoms with Crippen LogP contribution in [0.1, 0.15) is 59.8 Å². The van der Waals surface area contributed by atoms with E-state index in [1.807, 2.05) is 13.0 Å². The highest BCUT2D eigenvalue weighted by Crippen LogP contribution is 2.46. The molecule has 1 spiro atoms. The SMILES string of the molecule is CC1=CC2C(=O)OC3CC(C/C=C(/C)CC(C)/C=C\C=C4\COC(C1O)C42O)OC1(C3)CC(O)C(C)CO1. The summed E-state index contributed by atoms with van der Waals surface area (Å²) >= 11 is 0. The summed E-state index contributed by atoms with van der Waals surface area (Å²) in [6, 6.07) is 0. The smallest absolute Gasteiger partial charge is 0.316 e. The third kappa shape index (κ3) is 5.19. The molecule has 0 aromatic carbocycles. The predicted molar refractivity (Wildman–Crippen MR) is 140 cm³/mol. The monoisotopic (exact) mass is 530 g/mol. The van der Waals surface area contributed by atoms with Gasteiger partial charge >= 0.3 is 5.97 Å². The zero-order valence-electron chi connectivity index (χ0n) is 22.8. The highest BCUT2D eigenvalue weighted by atomic mass is 16.7. The Morgan fingerprint density at radius 3 is 2.66 bits per heavy atom. The van der Waals surface area contributed by atoms with E-state index in [9.17, 15) is 20.1 Å². The lowest BCUT2D eigenvalue weighted by Crippen LogP contribution is -2.58. The number of aliphatic hydroxyl groups excluding tert-OH is 2. The molecule has 3 N–H and O–H groups in total. The summed E-state index contributed by atoms with van der Waals surface area (Å²) in [4.78, 5) is 13.8. The highest BCUT2D eigenvalue weighted by molar-refractivity contribution is 5.78. The number of ether oxygens (including phenoxy) is 4. The maximum atomic E-state index is 13.8. The van der Waals surface area contributed by atoms with Crippen molar-refractivity contribution in [3.05, 3.63) is 47.1 Å². The summed E-state index contributed by atoms with van der Waals surface area (Å²) in [6.45, 7) is 8.39. The lowest BCUT2D eigenvalue weighted by molar-refractivity contribution is -0.328. The molecule has 0 amide bonds. The molecule has 0 saturated carbocycles. The molecular formula is C30H42O8. The zero-order chi connectivity index (χ0) is 27.2. The van der Waals surface area contributed by atoms with Gasteiger partial charge in [-0.15, -0.1) is 0 Å². The summed E-state index contributed by atoms with van der Waals surface area (Å²) in [6.07, 6.45) is 8.87. The Bertz CT molecular complexity index is 1040. The van der Waals surface area contributed by atoms with Crippen LogP contribution in [0.15, 0.2) is 47.1 Å². The normalized spacial score (nSPS) is 49.7.